The average molecular weight is 509 g/mol. The molecule has 4 rings (SSSR count). The van der Waals surface area contributed by atoms with E-state index < -0.39 is 18.2 Å². The Kier molecular flexibility index (Phi) is 7.24. The molecule has 1 aliphatic carbocycles. The molecule has 0 unspecified atom stereocenters. The molecule has 0 saturated carbocycles. The molecule has 3 aromatic carbocycles. The molecule has 0 aromatic heterocycles. The first kappa shape index (κ1) is 25.0. The summed E-state index contributed by atoms with van der Waals surface area (Å²) in [5.41, 5.74) is 0. The van der Waals surface area contributed by atoms with E-state index in [0.29, 0.717) is 16.2 Å². The van der Waals surface area contributed by atoms with Gasteiger partial charge in [0.05, 0.1) is 21.2 Å². The Morgan fingerprint density at radius 1 is 0.824 bits per heavy atom. The summed E-state index contributed by atoms with van der Waals surface area (Å²) in [4.78, 5) is 0.806. The molecule has 178 valence electrons. The van der Waals surface area contributed by atoms with Crippen LogP contribution in [0.5, 0.6) is 0 Å². The second kappa shape index (κ2) is 9.86. The maximum Gasteiger partial charge on any atom is 0.261 e. The lowest BCUT2D eigenvalue weighted by Crippen LogP contribution is -2.68. The Bertz CT molecular complexity index is 1200. The van der Waals surface area contributed by atoms with Crippen molar-refractivity contribution in [1.29, 1.82) is 0 Å². The minimum atomic E-state index is -3.58. The van der Waals surface area contributed by atoms with Crippen molar-refractivity contribution in [2.24, 2.45) is 0 Å². The van der Waals surface area contributed by atoms with Crippen LogP contribution in [-0.2, 0) is 14.3 Å². The van der Waals surface area contributed by atoms with E-state index in [4.69, 9.17) is 4.43 Å². The summed E-state index contributed by atoms with van der Waals surface area (Å²) >= 11 is 1.56. The normalized spacial score (nSPS) is 19.1. The van der Waals surface area contributed by atoms with Crippen molar-refractivity contribution < 1.29 is 12.8 Å². The zero-order valence-corrected chi connectivity index (χ0v) is 22.8. The molecule has 0 fully saturated rings. The van der Waals surface area contributed by atoms with Gasteiger partial charge in [0, 0.05) is 0 Å². The van der Waals surface area contributed by atoms with Gasteiger partial charge in [-0.15, -0.1) is 0 Å². The second-order valence-electron chi connectivity index (χ2n) is 9.63. The molecule has 0 amide bonds. The summed E-state index contributed by atoms with van der Waals surface area (Å²) < 4.78 is 34.4. The van der Waals surface area contributed by atoms with E-state index >= 15 is 0 Å². The van der Waals surface area contributed by atoms with Crippen molar-refractivity contribution in [2.45, 2.75) is 48.5 Å². The standard InChI is InChI=1S/C28H32O3S2Si/c1-28(2,3)34(23-16-10-6-11-17-23,24-18-12-7-13-19-24)31-25-20-21-26(27(25)32-4)33(29,30)22-14-8-5-9-15-22/h5-19,21,25,27H,20H2,1-4H3/t25-,27+/m0/s1. The molecule has 34 heavy (non-hydrogen) atoms. The molecule has 0 spiro atoms. The molecule has 3 aromatic rings. The fourth-order valence-electron chi connectivity index (χ4n) is 4.95. The van der Waals surface area contributed by atoms with Crippen molar-refractivity contribution in [2.75, 3.05) is 6.26 Å². The highest BCUT2D eigenvalue weighted by Crippen LogP contribution is 2.43. The Labute approximate surface area is 209 Å². The number of rotatable bonds is 7. The molecule has 0 aliphatic heterocycles. The Morgan fingerprint density at radius 3 is 1.74 bits per heavy atom. The van der Waals surface area contributed by atoms with Crippen LogP contribution in [0.4, 0.5) is 0 Å². The van der Waals surface area contributed by atoms with Crippen LogP contribution in [0.1, 0.15) is 27.2 Å². The molecule has 1 aliphatic rings. The van der Waals surface area contributed by atoms with Crippen LogP contribution in [0, 0.1) is 0 Å². The molecule has 2 atom stereocenters. The van der Waals surface area contributed by atoms with Gasteiger partial charge in [-0.05, 0) is 40.2 Å². The van der Waals surface area contributed by atoms with Gasteiger partial charge in [0.1, 0.15) is 0 Å². The van der Waals surface area contributed by atoms with Gasteiger partial charge in [0.2, 0.25) is 9.84 Å². The summed E-state index contributed by atoms with van der Waals surface area (Å²) in [7, 11) is -6.36. The second-order valence-corrected chi connectivity index (χ2v) is 16.8. The van der Waals surface area contributed by atoms with Crippen LogP contribution in [0.3, 0.4) is 0 Å². The van der Waals surface area contributed by atoms with Gasteiger partial charge >= 0.3 is 0 Å². The Balaban J connectivity index is 1.79. The first-order valence-corrected chi connectivity index (χ1v) is 16.2. The maximum absolute atomic E-state index is 13.5. The van der Waals surface area contributed by atoms with E-state index in [9.17, 15) is 8.42 Å². The SMILES string of the molecule is CS[C@H]1C(S(=O)(=O)c2ccccc2)=CC[C@@H]1O[Si](c1ccccc1)(c1ccccc1)C(C)(C)C. The number of hydrogen-bond donors (Lipinski definition) is 0. The summed E-state index contributed by atoms with van der Waals surface area (Å²) in [6.45, 7) is 6.74. The van der Waals surface area contributed by atoms with Gasteiger partial charge < -0.3 is 4.43 Å². The van der Waals surface area contributed by atoms with E-state index in [1.165, 1.54) is 10.4 Å². The van der Waals surface area contributed by atoms with Gasteiger partial charge in [-0.1, -0.05) is 106 Å². The number of thioether (sulfide) groups is 1. The first-order valence-electron chi connectivity index (χ1n) is 11.5. The lowest BCUT2D eigenvalue weighted by molar-refractivity contribution is 0.205. The summed E-state index contributed by atoms with van der Waals surface area (Å²) in [6.07, 6.45) is 4.21. The van der Waals surface area contributed by atoms with Crippen molar-refractivity contribution >= 4 is 40.3 Å². The molecule has 0 bridgehead atoms. The Hall–Kier alpha value is -2.12. The van der Waals surface area contributed by atoms with Crippen molar-refractivity contribution in [3.8, 4) is 0 Å². The first-order chi connectivity index (χ1) is 16.2. The highest BCUT2D eigenvalue weighted by atomic mass is 32.2. The fourth-order valence-corrected chi connectivity index (χ4v) is 12.8. The van der Waals surface area contributed by atoms with Crippen LogP contribution in [0.25, 0.3) is 0 Å². The highest BCUT2D eigenvalue weighted by molar-refractivity contribution is 8.02. The third-order valence-electron chi connectivity index (χ3n) is 6.53. The molecule has 0 saturated heterocycles. The van der Waals surface area contributed by atoms with E-state index in [1.54, 1.807) is 36.0 Å². The van der Waals surface area contributed by atoms with Gasteiger partial charge in [0.15, 0.2) is 0 Å². The number of benzene rings is 3. The minimum absolute atomic E-state index is 0.167. The third-order valence-corrected chi connectivity index (χ3v) is 14.7. The molecule has 0 heterocycles. The fraction of sp³-hybridized carbons (Fsp3) is 0.286. The van der Waals surface area contributed by atoms with Crippen molar-refractivity contribution in [3.63, 3.8) is 0 Å². The third kappa shape index (κ3) is 4.44. The Morgan fingerprint density at radius 2 is 1.29 bits per heavy atom. The smallest absolute Gasteiger partial charge is 0.261 e. The van der Waals surface area contributed by atoms with Crippen LogP contribution in [-0.4, -0.2) is 34.3 Å². The van der Waals surface area contributed by atoms with Gasteiger partial charge in [-0.25, -0.2) is 8.42 Å². The lowest BCUT2D eigenvalue weighted by Gasteiger charge is -2.45. The average Bonchev–Trinajstić information content (AvgIpc) is 3.26. The highest BCUT2D eigenvalue weighted by Gasteiger charge is 2.53. The maximum atomic E-state index is 13.5. The minimum Gasteiger partial charge on any atom is -0.403 e. The van der Waals surface area contributed by atoms with Gasteiger partial charge in [-0.2, -0.15) is 11.8 Å². The van der Waals surface area contributed by atoms with Gasteiger partial charge in [-0.3, -0.25) is 0 Å². The number of hydrogen-bond acceptors (Lipinski definition) is 4. The summed E-state index contributed by atoms with van der Waals surface area (Å²) in [5.74, 6) is 0. The molecular formula is C28H32O3S2Si. The monoisotopic (exact) mass is 508 g/mol. The van der Waals surface area contributed by atoms with E-state index in [0.717, 1.165) is 0 Å². The lowest BCUT2D eigenvalue weighted by atomic mass is 10.2. The van der Waals surface area contributed by atoms with Gasteiger partial charge in [0.25, 0.3) is 8.32 Å². The van der Waals surface area contributed by atoms with E-state index in [2.05, 4.69) is 69.3 Å². The predicted octanol–water partition coefficient (Wildman–Crippen LogP) is 5.42. The topological polar surface area (TPSA) is 43.4 Å². The molecule has 0 radical (unpaired) electrons. The molecule has 6 heteroatoms. The van der Waals surface area contributed by atoms with Crippen molar-refractivity contribution in [1.82, 2.24) is 0 Å². The summed E-state index contributed by atoms with van der Waals surface area (Å²) in [5, 5.41) is 1.98. The van der Waals surface area contributed by atoms with Crippen LogP contribution < -0.4 is 10.4 Å². The van der Waals surface area contributed by atoms with Crippen molar-refractivity contribution in [3.05, 3.63) is 102 Å². The number of sulfone groups is 1. The zero-order valence-electron chi connectivity index (χ0n) is 20.1. The summed E-state index contributed by atoms with van der Waals surface area (Å²) in [6, 6.07) is 29.7. The van der Waals surface area contributed by atoms with Crippen LogP contribution in [0.2, 0.25) is 5.04 Å². The van der Waals surface area contributed by atoms with E-state index in [-0.39, 0.29) is 16.4 Å². The zero-order chi connectivity index (χ0) is 24.4. The largest absolute Gasteiger partial charge is 0.403 e. The van der Waals surface area contributed by atoms with Crippen LogP contribution >= 0.6 is 11.8 Å². The molecule has 0 N–H and O–H groups in total. The molecule has 3 nitrogen and oxygen atoms in total. The van der Waals surface area contributed by atoms with E-state index in [1.807, 2.05) is 30.5 Å². The van der Waals surface area contributed by atoms with Crippen LogP contribution in [0.15, 0.2) is 107 Å². The molecular weight excluding hydrogens is 477 g/mol. The quantitative estimate of drug-likeness (QED) is 0.400. The predicted molar refractivity (Wildman–Crippen MR) is 146 cm³/mol.